The molecule has 1 N–H and O–H groups in total. The van der Waals surface area contributed by atoms with Gasteiger partial charge in [0.25, 0.3) is 0 Å². The molecule has 0 atom stereocenters. The third kappa shape index (κ3) is 7.05. The lowest BCUT2D eigenvalue weighted by molar-refractivity contribution is 0.103. The average molecular weight is 369 g/mol. The van der Waals surface area contributed by atoms with Gasteiger partial charge in [0.1, 0.15) is 11.6 Å². The second-order valence-corrected chi connectivity index (χ2v) is 6.80. The van der Waals surface area contributed by atoms with E-state index in [1.54, 1.807) is 12.3 Å². The van der Waals surface area contributed by atoms with E-state index in [9.17, 15) is 4.79 Å². The number of ether oxygens (including phenoxy) is 1. The summed E-state index contributed by atoms with van der Waals surface area (Å²) in [5.41, 5.74) is 1.23. The summed E-state index contributed by atoms with van der Waals surface area (Å²) in [7, 11) is 0. The Bertz CT molecular complexity index is 700. The minimum atomic E-state index is -0.0319. The molecule has 1 aromatic carbocycles. The van der Waals surface area contributed by atoms with E-state index in [-0.39, 0.29) is 5.78 Å². The summed E-state index contributed by atoms with van der Waals surface area (Å²) < 4.78 is 5.65. The van der Waals surface area contributed by atoms with Crippen LogP contribution in [0.2, 0.25) is 0 Å². The standard InChI is InChI=1S/C23H32N2O2/c1-3-5-6-7-8-9-15-24-23-21(14-11-16-25-23)22(26)19-12-10-13-20(18-19)27-17-4-2/h10-14,16,18H,3-9,15,17H2,1-2H3,(H,24,25). The van der Waals surface area contributed by atoms with E-state index in [0.29, 0.717) is 23.6 Å². The number of pyridine rings is 1. The highest BCUT2D eigenvalue weighted by Gasteiger charge is 2.15. The van der Waals surface area contributed by atoms with Crippen molar-refractivity contribution in [2.75, 3.05) is 18.5 Å². The van der Waals surface area contributed by atoms with Gasteiger partial charge in [-0.15, -0.1) is 0 Å². The number of anilines is 1. The van der Waals surface area contributed by atoms with Crippen LogP contribution in [0.15, 0.2) is 42.6 Å². The highest BCUT2D eigenvalue weighted by molar-refractivity contribution is 6.12. The monoisotopic (exact) mass is 368 g/mol. The predicted octanol–water partition coefficient (Wildman–Crippen LogP) is 5.87. The third-order valence-corrected chi connectivity index (χ3v) is 4.44. The molecule has 0 unspecified atom stereocenters. The topological polar surface area (TPSA) is 51.2 Å². The van der Waals surface area contributed by atoms with Gasteiger partial charge in [0.15, 0.2) is 5.78 Å². The zero-order chi connectivity index (χ0) is 19.3. The van der Waals surface area contributed by atoms with Gasteiger partial charge in [-0.25, -0.2) is 4.98 Å². The summed E-state index contributed by atoms with van der Waals surface area (Å²) in [5.74, 6) is 1.36. The molecule has 0 saturated carbocycles. The van der Waals surface area contributed by atoms with E-state index in [0.717, 1.165) is 25.1 Å². The van der Waals surface area contributed by atoms with Crippen LogP contribution >= 0.6 is 0 Å². The number of hydrogen-bond acceptors (Lipinski definition) is 4. The zero-order valence-electron chi connectivity index (χ0n) is 16.7. The number of nitrogens with zero attached hydrogens (tertiary/aromatic N) is 1. The van der Waals surface area contributed by atoms with Crippen LogP contribution in [0.1, 0.15) is 74.7 Å². The molecule has 0 aliphatic rings. The number of carbonyl (C=O) groups is 1. The Morgan fingerprint density at radius 2 is 1.81 bits per heavy atom. The Morgan fingerprint density at radius 3 is 2.63 bits per heavy atom. The van der Waals surface area contributed by atoms with Gasteiger partial charge in [0.2, 0.25) is 0 Å². The summed E-state index contributed by atoms with van der Waals surface area (Å²) in [6.07, 6.45) is 10.1. The lowest BCUT2D eigenvalue weighted by atomic mass is 10.0. The van der Waals surface area contributed by atoms with Crippen LogP contribution in [0.5, 0.6) is 5.75 Å². The Kier molecular flexibility index (Phi) is 9.39. The predicted molar refractivity (Wildman–Crippen MR) is 112 cm³/mol. The normalized spacial score (nSPS) is 10.6. The average Bonchev–Trinajstić information content (AvgIpc) is 2.71. The molecule has 0 amide bonds. The van der Waals surface area contributed by atoms with E-state index in [2.05, 4.69) is 24.1 Å². The Morgan fingerprint density at radius 1 is 1.00 bits per heavy atom. The number of nitrogens with one attached hydrogen (secondary N) is 1. The van der Waals surface area contributed by atoms with Crippen molar-refractivity contribution in [1.82, 2.24) is 4.98 Å². The molecular weight excluding hydrogens is 336 g/mol. The van der Waals surface area contributed by atoms with E-state index >= 15 is 0 Å². The molecule has 0 saturated heterocycles. The van der Waals surface area contributed by atoms with Crippen molar-refractivity contribution in [2.24, 2.45) is 0 Å². The molecule has 2 rings (SSSR count). The highest BCUT2D eigenvalue weighted by atomic mass is 16.5. The first-order valence-electron chi connectivity index (χ1n) is 10.2. The molecule has 0 bridgehead atoms. The molecule has 0 spiro atoms. The SMILES string of the molecule is CCCCCCCCNc1ncccc1C(=O)c1cccc(OCCC)c1. The molecule has 146 valence electrons. The van der Waals surface area contributed by atoms with E-state index in [1.807, 2.05) is 30.3 Å². The summed E-state index contributed by atoms with van der Waals surface area (Å²) in [6, 6.07) is 11.0. The number of benzene rings is 1. The van der Waals surface area contributed by atoms with Gasteiger partial charge in [-0.1, -0.05) is 58.1 Å². The molecule has 0 aliphatic heterocycles. The minimum Gasteiger partial charge on any atom is -0.494 e. The van der Waals surface area contributed by atoms with E-state index < -0.39 is 0 Å². The van der Waals surface area contributed by atoms with E-state index in [1.165, 1.54) is 32.1 Å². The first-order valence-corrected chi connectivity index (χ1v) is 10.2. The molecule has 1 aromatic heterocycles. The number of unbranched alkanes of at least 4 members (excludes halogenated alkanes) is 5. The van der Waals surface area contributed by atoms with E-state index in [4.69, 9.17) is 4.74 Å². The fourth-order valence-corrected chi connectivity index (χ4v) is 2.94. The van der Waals surface area contributed by atoms with Crippen LogP contribution in [-0.2, 0) is 0 Å². The largest absolute Gasteiger partial charge is 0.494 e. The van der Waals surface area contributed by atoms with Gasteiger partial charge in [-0.3, -0.25) is 4.79 Å². The van der Waals surface area contributed by atoms with Crippen LogP contribution in [0.4, 0.5) is 5.82 Å². The minimum absolute atomic E-state index is 0.0319. The van der Waals surface area contributed by atoms with Crippen LogP contribution in [0.3, 0.4) is 0 Å². The Labute approximate surface area is 163 Å². The quantitative estimate of drug-likeness (QED) is 0.355. The van der Waals surface area contributed by atoms with Crippen molar-refractivity contribution in [1.29, 1.82) is 0 Å². The van der Waals surface area contributed by atoms with Crippen molar-refractivity contribution in [3.63, 3.8) is 0 Å². The molecule has 0 aliphatic carbocycles. The highest BCUT2D eigenvalue weighted by Crippen LogP contribution is 2.20. The van der Waals surface area contributed by atoms with Gasteiger partial charge in [0, 0.05) is 18.3 Å². The van der Waals surface area contributed by atoms with Crippen LogP contribution in [0, 0.1) is 0 Å². The molecule has 1 heterocycles. The fraction of sp³-hybridized carbons (Fsp3) is 0.478. The molecule has 27 heavy (non-hydrogen) atoms. The van der Waals surface area contributed by atoms with Gasteiger partial charge in [-0.05, 0) is 37.1 Å². The number of rotatable bonds is 13. The lowest BCUT2D eigenvalue weighted by Gasteiger charge is -2.11. The molecule has 4 heteroatoms. The van der Waals surface area contributed by atoms with Crippen molar-refractivity contribution >= 4 is 11.6 Å². The second-order valence-electron chi connectivity index (χ2n) is 6.80. The van der Waals surface area contributed by atoms with Gasteiger partial charge in [-0.2, -0.15) is 0 Å². The van der Waals surface area contributed by atoms with Crippen LogP contribution in [-0.4, -0.2) is 23.9 Å². The maximum absolute atomic E-state index is 13.0. The number of carbonyl (C=O) groups excluding carboxylic acids is 1. The van der Waals surface area contributed by atoms with Crippen molar-refractivity contribution in [2.45, 2.75) is 58.8 Å². The smallest absolute Gasteiger partial charge is 0.196 e. The van der Waals surface area contributed by atoms with Crippen molar-refractivity contribution < 1.29 is 9.53 Å². The van der Waals surface area contributed by atoms with Crippen molar-refractivity contribution in [3.05, 3.63) is 53.7 Å². The summed E-state index contributed by atoms with van der Waals surface area (Å²) in [5, 5.41) is 3.34. The zero-order valence-corrected chi connectivity index (χ0v) is 16.7. The number of hydrogen-bond donors (Lipinski definition) is 1. The van der Waals surface area contributed by atoms with Gasteiger partial charge < -0.3 is 10.1 Å². The molecule has 0 fully saturated rings. The fourth-order valence-electron chi connectivity index (χ4n) is 2.94. The van der Waals surface area contributed by atoms with Crippen LogP contribution in [0.25, 0.3) is 0 Å². The first-order chi connectivity index (χ1) is 13.3. The molecule has 2 aromatic rings. The Balaban J connectivity index is 1.96. The maximum atomic E-state index is 13.0. The molecule has 0 radical (unpaired) electrons. The summed E-state index contributed by atoms with van der Waals surface area (Å²) >= 11 is 0. The maximum Gasteiger partial charge on any atom is 0.196 e. The summed E-state index contributed by atoms with van der Waals surface area (Å²) in [4.78, 5) is 17.3. The second kappa shape index (κ2) is 12.1. The third-order valence-electron chi connectivity index (χ3n) is 4.44. The van der Waals surface area contributed by atoms with Gasteiger partial charge in [0.05, 0.1) is 12.2 Å². The number of ketones is 1. The Hall–Kier alpha value is -2.36. The number of aromatic nitrogens is 1. The van der Waals surface area contributed by atoms with Crippen LogP contribution < -0.4 is 10.1 Å². The summed E-state index contributed by atoms with van der Waals surface area (Å²) in [6.45, 7) is 5.78. The molecular formula is C23H32N2O2. The lowest BCUT2D eigenvalue weighted by Crippen LogP contribution is -2.11. The molecule has 4 nitrogen and oxygen atoms in total. The van der Waals surface area contributed by atoms with Gasteiger partial charge >= 0.3 is 0 Å². The van der Waals surface area contributed by atoms with Crippen molar-refractivity contribution in [3.8, 4) is 5.75 Å². The first kappa shape index (κ1) is 20.9.